The molecule has 27 heavy (non-hydrogen) atoms. The quantitative estimate of drug-likeness (QED) is 0.889. The summed E-state index contributed by atoms with van der Waals surface area (Å²) in [6.07, 6.45) is -2.10. The standard InChI is InChI=1S/C19H21F3N4O/c20-19(21,22)16-6-4-15(5-7-16)8-10-24-18(27)26-13-11-25(12-14-26)17-3-1-2-9-23-17/h1-7,9H,8,10-14H2,(H,24,27). The van der Waals surface area contributed by atoms with Crippen LogP contribution >= 0.6 is 0 Å². The average Bonchev–Trinajstić information content (AvgIpc) is 2.68. The smallest absolute Gasteiger partial charge is 0.353 e. The van der Waals surface area contributed by atoms with Gasteiger partial charge in [0.15, 0.2) is 0 Å². The summed E-state index contributed by atoms with van der Waals surface area (Å²) in [7, 11) is 0. The number of carbonyl (C=O) groups is 1. The average molecular weight is 378 g/mol. The van der Waals surface area contributed by atoms with Gasteiger partial charge in [0.25, 0.3) is 0 Å². The number of halogens is 3. The number of alkyl halides is 3. The second kappa shape index (κ2) is 8.28. The Bertz CT molecular complexity index is 742. The van der Waals surface area contributed by atoms with Crippen LogP contribution in [0.5, 0.6) is 0 Å². The number of hydrogen-bond donors (Lipinski definition) is 1. The predicted molar refractivity (Wildman–Crippen MR) is 96.6 cm³/mol. The van der Waals surface area contributed by atoms with Crippen LogP contribution in [0.15, 0.2) is 48.7 Å². The maximum absolute atomic E-state index is 12.5. The Morgan fingerprint density at radius 1 is 1.04 bits per heavy atom. The normalized spacial score (nSPS) is 14.9. The van der Waals surface area contributed by atoms with E-state index < -0.39 is 11.7 Å². The molecule has 0 spiro atoms. The third-order valence-electron chi connectivity index (χ3n) is 4.51. The number of benzene rings is 1. The maximum atomic E-state index is 12.5. The molecule has 144 valence electrons. The molecule has 1 fully saturated rings. The summed E-state index contributed by atoms with van der Waals surface area (Å²) in [6, 6.07) is 10.6. The van der Waals surface area contributed by atoms with Gasteiger partial charge in [0, 0.05) is 38.9 Å². The molecule has 0 bridgehead atoms. The number of rotatable bonds is 4. The first-order valence-electron chi connectivity index (χ1n) is 8.78. The number of nitrogens with zero attached hydrogens (tertiary/aromatic N) is 3. The van der Waals surface area contributed by atoms with Crippen LogP contribution in [0.1, 0.15) is 11.1 Å². The van der Waals surface area contributed by atoms with E-state index in [9.17, 15) is 18.0 Å². The molecule has 0 aliphatic carbocycles. The third kappa shape index (κ3) is 5.12. The molecule has 5 nitrogen and oxygen atoms in total. The summed E-state index contributed by atoms with van der Waals surface area (Å²) in [4.78, 5) is 20.4. The van der Waals surface area contributed by atoms with Gasteiger partial charge in [0.05, 0.1) is 5.56 Å². The lowest BCUT2D eigenvalue weighted by Crippen LogP contribution is -2.52. The van der Waals surface area contributed by atoms with Crippen LogP contribution in [0.3, 0.4) is 0 Å². The van der Waals surface area contributed by atoms with Crippen molar-refractivity contribution in [2.24, 2.45) is 0 Å². The summed E-state index contributed by atoms with van der Waals surface area (Å²) in [5.74, 6) is 0.903. The van der Waals surface area contributed by atoms with Gasteiger partial charge in [0.1, 0.15) is 5.82 Å². The van der Waals surface area contributed by atoms with Crippen molar-refractivity contribution in [3.05, 3.63) is 59.8 Å². The molecule has 2 aromatic rings. The number of carbonyl (C=O) groups excluding carboxylic acids is 1. The van der Waals surface area contributed by atoms with Crippen LogP contribution < -0.4 is 10.2 Å². The van der Waals surface area contributed by atoms with Crippen molar-refractivity contribution in [1.29, 1.82) is 0 Å². The van der Waals surface area contributed by atoms with E-state index in [1.165, 1.54) is 12.1 Å². The molecule has 8 heteroatoms. The van der Waals surface area contributed by atoms with Crippen LogP contribution in [-0.2, 0) is 12.6 Å². The minimum atomic E-state index is -4.33. The van der Waals surface area contributed by atoms with Crippen molar-refractivity contribution >= 4 is 11.8 Å². The molecular weight excluding hydrogens is 357 g/mol. The summed E-state index contributed by atoms with van der Waals surface area (Å²) in [5.41, 5.74) is 0.0873. The van der Waals surface area contributed by atoms with E-state index >= 15 is 0 Å². The van der Waals surface area contributed by atoms with Crippen LogP contribution in [0.2, 0.25) is 0 Å². The molecule has 2 heterocycles. The van der Waals surface area contributed by atoms with Gasteiger partial charge in [-0.3, -0.25) is 0 Å². The fraction of sp³-hybridized carbons (Fsp3) is 0.368. The molecule has 3 rings (SSSR count). The van der Waals surface area contributed by atoms with Crippen molar-refractivity contribution < 1.29 is 18.0 Å². The Labute approximate surface area is 155 Å². The van der Waals surface area contributed by atoms with Crippen molar-refractivity contribution in [2.45, 2.75) is 12.6 Å². The molecule has 0 atom stereocenters. The molecule has 1 saturated heterocycles. The first-order valence-corrected chi connectivity index (χ1v) is 8.78. The summed E-state index contributed by atoms with van der Waals surface area (Å²) in [5, 5.41) is 2.83. The van der Waals surface area contributed by atoms with Gasteiger partial charge in [-0.25, -0.2) is 9.78 Å². The van der Waals surface area contributed by atoms with E-state index in [-0.39, 0.29) is 6.03 Å². The largest absolute Gasteiger partial charge is 0.416 e. The molecule has 2 amide bonds. The second-order valence-corrected chi connectivity index (χ2v) is 6.34. The van der Waals surface area contributed by atoms with Crippen molar-refractivity contribution in [3.63, 3.8) is 0 Å². The van der Waals surface area contributed by atoms with Crippen LogP contribution in [0.25, 0.3) is 0 Å². The highest BCUT2D eigenvalue weighted by Gasteiger charge is 2.29. The minimum Gasteiger partial charge on any atom is -0.353 e. The molecule has 0 unspecified atom stereocenters. The van der Waals surface area contributed by atoms with E-state index in [1.54, 1.807) is 11.1 Å². The van der Waals surface area contributed by atoms with Crippen molar-refractivity contribution in [2.75, 3.05) is 37.6 Å². The predicted octanol–water partition coefficient (Wildman–Crippen LogP) is 3.17. The first kappa shape index (κ1) is 19.0. The molecule has 1 aliphatic heterocycles. The minimum absolute atomic E-state index is 0.150. The Hall–Kier alpha value is -2.77. The molecule has 1 aromatic carbocycles. The van der Waals surface area contributed by atoms with E-state index in [0.29, 0.717) is 39.1 Å². The van der Waals surface area contributed by atoms with E-state index in [2.05, 4.69) is 15.2 Å². The Morgan fingerprint density at radius 3 is 2.33 bits per heavy atom. The van der Waals surface area contributed by atoms with Gasteiger partial charge >= 0.3 is 12.2 Å². The molecule has 0 saturated carbocycles. The zero-order valence-electron chi connectivity index (χ0n) is 14.7. The zero-order valence-corrected chi connectivity index (χ0v) is 14.7. The van der Waals surface area contributed by atoms with E-state index in [1.807, 2.05) is 18.2 Å². The van der Waals surface area contributed by atoms with Crippen LogP contribution in [0, 0.1) is 0 Å². The first-order chi connectivity index (χ1) is 12.9. The topological polar surface area (TPSA) is 48.5 Å². The second-order valence-electron chi connectivity index (χ2n) is 6.34. The maximum Gasteiger partial charge on any atom is 0.416 e. The Morgan fingerprint density at radius 2 is 1.74 bits per heavy atom. The van der Waals surface area contributed by atoms with Gasteiger partial charge in [-0.05, 0) is 36.2 Å². The third-order valence-corrected chi connectivity index (χ3v) is 4.51. The van der Waals surface area contributed by atoms with E-state index in [0.717, 1.165) is 23.5 Å². The summed E-state index contributed by atoms with van der Waals surface area (Å²) < 4.78 is 37.6. The monoisotopic (exact) mass is 378 g/mol. The highest BCUT2D eigenvalue weighted by Crippen LogP contribution is 2.29. The number of hydrogen-bond acceptors (Lipinski definition) is 3. The van der Waals surface area contributed by atoms with E-state index in [4.69, 9.17) is 0 Å². The van der Waals surface area contributed by atoms with Crippen LogP contribution in [0.4, 0.5) is 23.8 Å². The molecule has 0 radical (unpaired) electrons. The summed E-state index contributed by atoms with van der Waals surface area (Å²) in [6.45, 7) is 3.00. The van der Waals surface area contributed by atoms with Gasteiger partial charge in [-0.15, -0.1) is 0 Å². The molecule has 1 aliphatic rings. The lowest BCUT2D eigenvalue weighted by molar-refractivity contribution is -0.137. The fourth-order valence-electron chi connectivity index (χ4n) is 2.97. The Kier molecular flexibility index (Phi) is 5.83. The number of urea groups is 1. The SMILES string of the molecule is O=C(NCCc1ccc(C(F)(F)F)cc1)N1CCN(c2ccccn2)CC1. The lowest BCUT2D eigenvalue weighted by Gasteiger charge is -2.35. The molecule has 1 N–H and O–H groups in total. The molecule has 1 aromatic heterocycles. The highest BCUT2D eigenvalue weighted by atomic mass is 19.4. The van der Waals surface area contributed by atoms with Gasteiger partial charge < -0.3 is 15.1 Å². The summed E-state index contributed by atoms with van der Waals surface area (Å²) >= 11 is 0. The van der Waals surface area contributed by atoms with Crippen molar-refractivity contribution in [3.8, 4) is 0 Å². The highest BCUT2D eigenvalue weighted by molar-refractivity contribution is 5.74. The zero-order chi connectivity index (χ0) is 19.3. The van der Waals surface area contributed by atoms with Crippen LogP contribution in [-0.4, -0.2) is 48.6 Å². The van der Waals surface area contributed by atoms with Gasteiger partial charge in [-0.1, -0.05) is 18.2 Å². The number of nitrogens with one attached hydrogen (secondary N) is 1. The number of piperazine rings is 1. The van der Waals surface area contributed by atoms with Gasteiger partial charge in [0.2, 0.25) is 0 Å². The number of anilines is 1. The van der Waals surface area contributed by atoms with Crippen molar-refractivity contribution in [1.82, 2.24) is 15.2 Å². The number of aromatic nitrogens is 1. The molecular formula is C19H21F3N4O. The number of amides is 2. The fourth-order valence-corrected chi connectivity index (χ4v) is 2.97. The number of pyridine rings is 1. The van der Waals surface area contributed by atoms with Gasteiger partial charge in [-0.2, -0.15) is 13.2 Å². The Balaban J connectivity index is 1.41. The lowest BCUT2D eigenvalue weighted by atomic mass is 10.1.